The van der Waals surface area contributed by atoms with E-state index in [4.69, 9.17) is 20.9 Å². The van der Waals surface area contributed by atoms with E-state index in [9.17, 15) is 19.5 Å². The van der Waals surface area contributed by atoms with Gasteiger partial charge in [-0.25, -0.2) is 0 Å². The molecular formula is C32H46N2O6. The summed E-state index contributed by atoms with van der Waals surface area (Å²) in [6.07, 6.45) is 10.4. The maximum atomic E-state index is 12.5. The lowest BCUT2D eigenvalue weighted by Crippen LogP contribution is -2.57. The van der Waals surface area contributed by atoms with E-state index in [1.165, 1.54) is 0 Å². The molecule has 1 aromatic rings. The van der Waals surface area contributed by atoms with Crippen molar-refractivity contribution in [1.29, 1.82) is 0 Å². The molecule has 8 nitrogen and oxygen atoms in total. The molecule has 2 amide bonds. The molecule has 0 heterocycles. The smallest absolute Gasteiger partial charge is 0.255 e. The molecule has 40 heavy (non-hydrogen) atoms. The molecule has 4 aliphatic rings. The van der Waals surface area contributed by atoms with E-state index in [-0.39, 0.29) is 30.1 Å². The lowest BCUT2D eigenvalue weighted by molar-refractivity contribution is -0.156. The van der Waals surface area contributed by atoms with Crippen LogP contribution in [-0.4, -0.2) is 42.0 Å². The van der Waals surface area contributed by atoms with Crippen molar-refractivity contribution in [2.75, 3.05) is 13.2 Å². The number of aryl methyl sites for hydroxylation is 1. The van der Waals surface area contributed by atoms with Crippen molar-refractivity contribution in [3.63, 3.8) is 0 Å². The molecule has 8 atom stereocenters. The number of hydrogen-bond donors (Lipinski definition) is 3. The van der Waals surface area contributed by atoms with E-state index in [2.05, 4.69) is 13.8 Å². The van der Waals surface area contributed by atoms with Gasteiger partial charge < -0.3 is 26.0 Å². The molecule has 0 spiro atoms. The summed E-state index contributed by atoms with van der Waals surface area (Å²) < 4.78 is 11.1. The predicted octanol–water partition coefficient (Wildman–Crippen LogP) is 3.94. The third-order valence-electron chi connectivity index (χ3n) is 11.4. The zero-order chi connectivity index (χ0) is 28.7. The predicted molar refractivity (Wildman–Crippen MR) is 150 cm³/mol. The number of amides is 2. The van der Waals surface area contributed by atoms with Crippen molar-refractivity contribution in [2.45, 2.75) is 90.6 Å². The molecule has 0 saturated heterocycles. The minimum absolute atomic E-state index is 0.00582. The van der Waals surface area contributed by atoms with Crippen molar-refractivity contribution < 1.29 is 29.0 Å². The molecule has 3 unspecified atom stereocenters. The number of hydrogen-bond acceptors (Lipinski definition) is 6. The highest BCUT2D eigenvalue weighted by atomic mass is 16.5. The summed E-state index contributed by atoms with van der Waals surface area (Å²) in [7, 11) is 0. The minimum atomic E-state index is -0.568. The number of carbonyl (C=O) groups is 3. The van der Waals surface area contributed by atoms with Gasteiger partial charge in [0.15, 0.2) is 13.2 Å². The van der Waals surface area contributed by atoms with Gasteiger partial charge in [0.25, 0.3) is 11.8 Å². The number of aliphatic hydroxyl groups excluding tert-OH is 1. The highest BCUT2D eigenvalue weighted by Crippen LogP contribution is 2.67. The first-order valence-corrected chi connectivity index (χ1v) is 15.2. The lowest BCUT2D eigenvalue weighted by Gasteiger charge is -2.62. The number of primary amides is 2. The monoisotopic (exact) mass is 554 g/mol. The number of fused-ring (bicyclic) bond motifs is 5. The second-order valence-corrected chi connectivity index (χ2v) is 13.6. The zero-order valence-electron chi connectivity index (χ0n) is 24.0. The fraction of sp³-hybridized carbons (Fsp3) is 0.719. The van der Waals surface area contributed by atoms with Gasteiger partial charge in [-0.1, -0.05) is 13.8 Å². The van der Waals surface area contributed by atoms with Crippen molar-refractivity contribution in [2.24, 2.45) is 51.9 Å². The van der Waals surface area contributed by atoms with Gasteiger partial charge in [-0.2, -0.15) is 0 Å². The fourth-order valence-corrected chi connectivity index (χ4v) is 9.31. The molecule has 8 heteroatoms. The van der Waals surface area contributed by atoms with E-state index in [0.717, 1.165) is 76.2 Å². The average Bonchev–Trinajstić information content (AvgIpc) is 3.21. The Kier molecular flexibility index (Phi) is 8.20. The second kappa shape index (κ2) is 11.3. The molecule has 4 aliphatic carbocycles. The summed E-state index contributed by atoms with van der Waals surface area (Å²) in [6.45, 7) is 4.31. The van der Waals surface area contributed by atoms with E-state index in [1.54, 1.807) is 6.07 Å². The maximum absolute atomic E-state index is 12.5. The normalized spacial score (nSPS) is 36.7. The van der Waals surface area contributed by atoms with E-state index in [0.29, 0.717) is 46.9 Å². The van der Waals surface area contributed by atoms with Crippen LogP contribution in [0.5, 0.6) is 11.5 Å². The minimum Gasteiger partial charge on any atom is -0.484 e. The first kappa shape index (κ1) is 28.9. The van der Waals surface area contributed by atoms with Crippen LogP contribution in [0.25, 0.3) is 0 Å². The third kappa shape index (κ3) is 5.61. The number of benzene rings is 1. The van der Waals surface area contributed by atoms with Crippen LogP contribution in [0, 0.1) is 40.4 Å². The van der Waals surface area contributed by atoms with Crippen molar-refractivity contribution in [3.8, 4) is 11.5 Å². The zero-order valence-corrected chi connectivity index (χ0v) is 24.0. The van der Waals surface area contributed by atoms with Crippen LogP contribution in [0.4, 0.5) is 0 Å². The third-order valence-corrected chi connectivity index (χ3v) is 11.4. The Hall–Kier alpha value is -2.61. The Labute approximate surface area is 237 Å². The van der Waals surface area contributed by atoms with Gasteiger partial charge in [0.05, 0.1) is 6.10 Å². The van der Waals surface area contributed by atoms with Crippen LogP contribution in [0.15, 0.2) is 18.2 Å². The molecule has 0 radical (unpaired) electrons. The topological polar surface area (TPSA) is 142 Å². The summed E-state index contributed by atoms with van der Waals surface area (Å²) in [4.78, 5) is 35.0. The van der Waals surface area contributed by atoms with Gasteiger partial charge >= 0.3 is 0 Å². The Morgan fingerprint density at radius 1 is 0.950 bits per heavy atom. The Morgan fingerprint density at radius 3 is 2.25 bits per heavy atom. The summed E-state index contributed by atoms with van der Waals surface area (Å²) in [5, 5.41) is 11.0. The molecule has 5 N–H and O–H groups in total. The second-order valence-electron chi connectivity index (χ2n) is 13.6. The molecule has 0 bridgehead atoms. The number of ether oxygens (including phenoxy) is 2. The quantitative estimate of drug-likeness (QED) is 0.400. The Balaban J connectivity index is 1.34. The number of nitrogens with two attached hydrogens (primary N) is 2. The maximum Gasteiger partial charge on any atom is 0.255 e. The van der Waals surface area contributed by atoms with Gasteiger partial charge in [0.1, 0.15) is 17.3 Å². The molecule has 5 rings (SSSR count). The van der Waals surface area contributed by atoms with Crippen LogP contribution < -0.4 is 20.9 Å². The first-order valence-electron chi connectivity index (χ1n) is 15.2. The number of aliphatic hydroxyl groups is 1. The molecular weight excluding hydrogens is 508 g/mol. The molecule has 4 fully saturated rings. The average molecular weight is 555 g/mol. The van der Waals surface area contributed by atoms with Crippen molar-refractivity contribution in [1.82, 2.24) is 0 Å². The number of ketones is 1. The standard InChI is InChI=1S/C32H46N2O6/c1-31-10-8-22(35)15-21(31)14-20(30-25-6-7-27(36)32(25,2)11-9-26(30)31)5-3-4-19-12-23(39-17-28(33)37)16-24(13-19)40-18-29(34)38/h12-13,16,20-21,25-27,30,36H,3-11,14-15,17-18H2,1-2H3,(H2,33,37)(H2,34,38)/t20?,21?,25-,26+,27?,30-,31-,32-/m0/s1. The van der Waals surface area contributed by atoms with Crippen molar-refractivity contribution >= 4 is 17.6 Å². The summed E-state index contributed by atoms with van der Waals surface area (Å²) in [5.74, 6) is 2.95. The highest BCUT2D eigenvalue weighted by molar-refractivity contribution is 5.79. The number of Topliss-reactive ketones (excluding diaryl/α,β-unsaturated/α-hetero) is 1. The van der Waals surface area contributed by atoms with Gasteiger partial charge in [-0.05, 0) is 116 Å². The van der Waals surface area contributed by atoms with Gasteiger partial charge in [-0.15, -0.1) is 0 Å². The first-order chi connectivity index (χ1) is 19.0. The summed E-state index contributed by atoms with van der Waals surface area (Å²) >= 11 is 0. The summed E-state index contributed by atoms with van der Waals surface area (Å²) in [6, 6.07) is 5.42. The molecule has 1 aromatic carbocycles. The summed E-state index contributed by atoms with van der Waals surface area (Å²) in [5.41, 5.74) is 11.7. The van der Waals surface area contributed by atoms with Gasteiger partial charge in [0.2, 0.25) is 0 Å². The van der Waals surface area contributed by atoms with Crippen LogP contribution in [0.2, 0.25) is 0 Å². The van der Waals surface area contributed by atoms with Gasteiger partial charge in [0, 0.05) is 18.9 Å². The fourth-order valence-electron chi connectivity index (χ4n) is 9.31. The van der Waals surface area contributed by atoms with Crippen LogP contribution in [0.3, 0.4) is 0 Å². The molecule has 0 aromatic heterocycles. The Bertz CT molecular complexity index is 1100. The Morgan fingerprint density at radius 2 is 1.60 bits per heavy atom. The van der Waals surface area contributed by atoms with Gasteiger partial charge in [-0.3, -0.25) is 14.4 Å². The van der Waals surface area contributed by atoms with Crippen LogP contribution in [0.1, 0.15) is 83.6 Å². The highest BCUT2D eigenvalue weighted by Gasteiger charge is 2.62. The van der Waals surface area contributed by atoms with Crippen molar-refractivity contribution in [3.05, 3.63) is 23.8 Å². The van der Waals surface area contributed by atoms with E-state index in [1.807, 2.05) is 12.1 Å². The van der Waals surface area contributed by atoms with E-state index < -0.39 is 11.8 Å². The van der Waals surface area contributed by atoms with Crippen LogP contribution >= 0.6 is 0 Å². The molecule has 220 valence electrons. The number of carbonyl (C=O) groups excluding carboxylic acids is 3. The SMILES string of the molecule is C[C@]12CCC(=O)CC1CC(CCCc1cc(OCC(N)=O)cc(OCC(N)=O)c1)[C@@H]1[C@H]2CC[C@]2(C)C(O)CC[C@@H]12. The lowest BCUT2D eigenvalue weighted by atomic mass is 9.42. The molecule has 0 aliphatic heterocycles. The largest absolute Gasteiger partial charge is 0.484 e. The van der Waals surface area contributed by atoms with E-state index >= 15 is 0 Å². The number of rotatable bonds is 10. The van der Waals surface area contributed by atoms with Crippen LogP contribution in [-0.2, 0) is 20.8 Å². The molecule has 4 saturated carbocycles.